The number of carbonyl (C=O) groups is 2. The van der Waals surface area contributed by atoms with Crippen LogP contribution in [0.1, 0.15) is 33.1 Å². The van der Waals surface area contributed by atoms with Crippen molar-refractivity contribution in [1.82, 2.24) is 10.2 Å². The molecule has 0 aromatic carbocycles. The fourth-order valence-electron chi connectivity index (χ4n) is 1.79. The average molecular weight is 228 g/mol. The summed E-state index contributed by atoms with van der Waals surface area (Å²) in [6.07, 6.45) is 2.40. The van der Waals surface area contributed by atoms with E-state index in [0.717, 1.165) is 25.9 Å². The summed E-state index contributed by atoms with van der Waals surface area (Å²) in [6.45, 7) is 5.37. The number of hydrogen-bond donors (Lipinski definition) is 2. The Hall–Kier alpha value is -1.26. The number of piperidine rings is 1. The largest absolute Gasteiger partial charge is 0.480 e. The Kier molecular flexibility index (Phi) is 4.58. The van der Waals surface area contributed by atoms with Crippen LogP contribution in [0.4, 0.5) is 4.79 Å². The molecule has 5 heteroatoms. The third kappa shape index (κ3) is 3.40. The topological polar surface area (TPSA) is 69.6 Å². The molecule has 1 saturated heterocycles. The number of nitrogens with zero attached hydrogens (tertiary/aromatic N) is 1. The predicted octanol–water partition coefficient (Wildman–Crippen LogP) is 1.29. The van der Waals surface area contributed by atoms with Gasteiger partial charge in [-0.05, 0) is 25.2 Å². The smallest absolute Gasteiger partial charge is 0.326 e. The van der Waals surface area contributed by atoms with Crippen molar-refractivity contribution in [3.63, 3.8) is 0 Å². The predicted molar refractivity (Wildman–Crippen MR) is 60.2 cm³/mol. The fourth-order valence-corrected chi connectivity index (χ4v) is 1.79. The first-order valence-corrected chi connectivity index (χ1v) is 5.82. The minimum atomic E-state index is -0.971. The van der Waals surface area contributed by atoms with Crippen LogP contribution in [0.5, 0.6) is 0 Å². The van der Waals surface area contributed by atoms with Crippen LogP contribution >= 0.6 is 0 Å². The molecule has 0 radical (unpaired) electrons. The molecule has 2 amide bonds. The maximum absolute atomic E-state index is 11.7. The van der Waals surface area contributed by atoms with Gasteiger partial charge in [-0.2, -0.15) is 0 Å². The molecule has 0 spiro atoms. The molecule has 16 heavy (non-hydrogen) atoms. The Balaban J connectivity index is 2.42. The van der Waals surface area contributed by atoms with Crippen molar-refractivity contribution in [2.75, 3.05) is 13.1 Å². The molecule has 0 unspecified atom stereocenters. The number of rotatable bonds is 3. The highest BCUT2D eigenvalue weighted by atomic mass is 16.4. The second-order valence-electron chi connectivity index (χ2n) is 4.42. The van der Waals surface area contributed by atoms with E-state index in [9.17, 15) is 9.59 Å². The Bertz CT molecular complexity index is 260. The van der Waals surface area contributed by atoms with Gasteiger partial charge in [-0.15, -0.1) is 0 Å². The summed E-state index contributed by atoms with van der Waals surface area (Å²) in [5.74, 6) is -0.313. The highest BCUT2D eigenvalue weighted by Gasteiger charge is 2.24. The highest BCUT2D eigenvalue weighted by molar-refractivity contribution is 5.82. The van der Waals surface area contributed by atoms with Crippen molar-refractivity contribution in [3.05, 3.63) is 0 Å². The van der Waals surface area contributed by atoms with Crippen LogP contribution in [-0.4, -0.2) is 41.1 Å². The van der Waals surface area contributed by atoms with E-state index in [1.807, 2.05) is 0 Å². The Morgan fingerprint density at radius 2 is 2.00 bits per heavy atom. The molecular formula is C11H20N2O3. The van der Waals surface area contributed by atoms with Gasteiger partial charge in [0.25, 0.3) is 0 Å². The standard InChI is InChI=1S/C11H20N2O3/c1-3-9(10(14)15)12-11(16)13-6-4-8(2)5-7-13/h8-9H,3-7H2,1-2H3,(H,12,16)(H,14,15)/t9-/m0/s1. The number of urea groups is 1. The quantitative estimate of drug-likeness (QED) is 0.764. The van der Waals surface area contributed by atoms with Crippen molar-refractivity contribution in [1.29, 1.82) is 0 Å². The zero-order valence-corrected chi connectivity index (χ0v) is 9.90. The molecule has 0 saturated carbocycles. The number of nitrogens with one attached hydrogen (secondary N) is 1. The van der Waals surface area contributed by atoms with Crippen molar-refractivity contribution in [3.8, 4) is 0 Å². The molecule has 92 valence electrons. The van der Waals surface area contributed by atoms with Gasteiger partial charge in [0.2, 0.25) is 0 Å². The second-order valence-corrected chi connectivity index (χ2v) is 4.42. The van der Waals surface area contributed by atoms with Gasteiger partial charge in [0.1, 0.15) is 6.04 Å². The van der Waals surface area contributed by atoms with E-state index in [2.05, 4.69) is 12.2 Å². The van der Waals surface area contributed by atoms with E-state index in [1.165, 1.54) is 0 Å². The fraction of sp³-hybridized carbons (Fsp3) is 0.818. The van der Waals surface area contributed by atoms with Gasteiger partial charge in [-0.25, -0.2) is 9.59 Å². The zero-order chi connectivity index (χ0) is 12.1. The van der Waals surface area contributed by atoms with E-state index in [4.69, 9.17) is 5.11 Å². The van der Waals surface area contributed by atoms with Gasteiger partial charge >= 0.3 is 12.0 Å². The lowest BCUT2D eigenvalue weighted by Crippen LogP contribution is -2.49. The van der Waals surface area contributed by atoms with E-state index >= 15 is 0 Å². The summed E-state index contributed by atoms with van der Waals surface area (Å²) in [6, 6.07) is -1.02. The van der Waals surface area contributed by atoms with Gasteiger partial charge in [0.05, 0.1) is 0 Å². The highest BCUT2D eigenvalue weighted by Crippen LogP contribution is 2.15. The third-order valence-electron chi connectivity index (χ3n) is 3.07. The van der Waals surface area contributed by atoms with Crippen molar-refractivity contribution in [2.45, 2.75) is 39.2 Å². The van der Waals surface area contributed by atoms with Gasteiger partial charge in [0.15, 0.2) is 0 Å². The summed E-state index contributed by atoms with van der Waals surface area (Å²) in [7, 11) is 0. The van der Waals surface area contributed by atoms with Crippen LogP contribution in [0, 0.1) is 5.92 Å². The van der Waals surface area contributed by atoms with Crippen LogP contribution in [0.2, 0.25) is 0 Å². The van der Waals surface area contributed by atoms with E-state index in [1.54, 1.807) is 11.8 Å². The van der Waals surface area contributed by atoms with Crippen LogP contribution in [0.15, 0.2) is 0 Å². The first kappa shape index (κ1) is 12.8. The summed E-state index contributed by atoms with van der Waals surface area (Å²) in [4.78, 5) is 24.2. The normalized spacial score (nSPS) is 19.2. The van der Waals surface area contributed by atoms with Gasteiger partial charge in [-0.3, -0.25) is 0 Å². The van der Waals surface area contributed by atoms with E-state index < -0.39 is 12.0 Å². The molecule has 0 aliphatic carbocycles. The lowest BCUT2D eigenvalue weighted by molar-refractivity contribution is -0.139. The Morgan fingerprint density at radius 3 is 2.44 bits per heavy atom. The SMILES string of the molecule is CC[C@H](NC(=O)N1CCC(C)CC1)C(=O)O. The number of carboxylic acids is 1. The molecule has 5 nitrogen and oxygen atoms in total. The minimum Gasteiger partial charge on any atom is -0.480 e. The van der Waals surface area contributed by atoms with Gasteiger partial charge in [-0.1, -0.05) is 13.8 Å². The van der Waals surface area contributed by atoms with Gasteiger partial charge in [0, 0.05) is 13.1 Å². The number of carbonyl (C=O) groups excluding carboxylic acids is 1. The number of carboxylic acid groups (broad SMARTS) is 1. The molecule has 0 aromatic heterocycles. The Labute approximate surface area is 95.8 Å². The Morgan fingerprint density at radius 1 is 1.44 bits per heavy atom. The summed E-state index contributed by atoms with van der Waals surface area (Å²) < 4.78 is 0. The maximum Gasteiger partial charge on any atom is 0.326 e. The summed E-state index contributed by atoms with van der Waals surface area (Å²) in [5, 5.41) is 11.4. The molecule has 1 fully saturated rings. The van der Waals surface area contributed by atoms with Crippen LogP contribution < -0.4 is 5.32 Å². The van der Waals surface area contributed by atoms with Crippen LogP contribution in [0.3, 0.4) is 0 Å². The number of hydrogen-bond acceptors (Lipinski definition) is 2. The molecule has 2 N–H and O–H groups in total. The summed E-state index contributed by atoms with van der Waals surface area (Å²) in [5.41, 5.74) is 0. The lowest BCUT2D eigenvalue weighted by Gasteiger charge is -2.31. The molecule has 0 aromatic rings. The van der Waals surface area contributed by atoms with Crippen molar-refractivity contribution >= 4 is 12.0 Å². The van der Waals surface area contributed by atoms with Crippen molar-refractivity contribution < 1.29 is 14.7 Å². The minimum absolute atomic E-state index is 0.249. The van der Waals surface area contributed by atoms with Gasteiger partial charge < -0.3 is 15.3 Å². The van der Waals surface area contributed by atoms with Crippen LogP contribution in [0.25, 0.3) is 0 Å². The first-order chi connectivity index (χ1) is 7.54. The van der Waals surface area contributed by atoms with E-state index in [-0.39, 0.29) is 6.03 Å². The third-order valence-corrected chi connectivity index (χ3v) is 3.07. The lowest BCUT2D eigenvalue weighted by atomic mass is 10.00. The van der Waals surface area contributed by atoms with Crippen LogP contribution in [-0.2, 0) is 4.79 Å². The molecular weight excluding hydrogens is 208 g/mol. The molecule has 1 aliphatic heterocycles. The molecule has 1 rings (SSSR count). The average Bonchev–Trinajstić information content (AvgIpc) is 2.26. The molecule has 1 atom stereocenters. The second kappa shape index (κ2) is 5.72. The first-order valence-electron chi connectivity index (χ1n) is 5.82. The monoisotopic (exact) mass is 228 g/mol. The molecule has 1 aliphatic rings. The van der Waals surface area contributed by atoms with Crippen molar-refractivity contribution in [2.24, 2.45) is 5.92 Å². The maximum atomic E-state index is 11.7. The molecule has 1 heterocycles. The number of likely N-dealkylation sites (tertiary alicyclic amines) is 1. The zero-order valence-electron chi connectivity index (χ0n) is 9.90. The number of amides is 2. The summed E-state index contributed by atoms with van der Waals surface area (Å²) >= 11 is 0. The molecule has 0 bridgehead atoms. The number of aliphatic carboxylic acids is 1. The van der Waals surface area contributed by atoms with E-state index in [0.29, 0.717) is 12.3 Å².